The third-order valence-electron chi connectivity index (χ3n) is 6.62. The molecular formula is C29H37BrN2O4. The molecule has 1 heterocycles. The Morgan fingerprint density at radius 3 is 2.08 bits per heavy atom. The van der Waals surface area contributed by atoms with Crippen LogP contribution < -0.4 is 4.74 Å². The van der Waals surface area contributed by atoms with E-state index in [0.717, 1.165) is 61.8 Å². The summed E-state index contributed by atoms with van der Waals surface area (Å²) < 4.78 is 6.16. The largest absolute Gasteiger partial charge is 0.507 e. The van der Waals surface area contributed by atoms with E-state index in [1.165, 1.54) is 0 Å². The smallest absolute Gasteiger partial charge is 0.295 e. The van der Waals surface area contributed by atoms with Gasteiger partial charge in [0.15, 0.2) is 0 Å². The second kappa shape index (κ2) is 13.6. The van der Waals surface area contributed by atoms with Crippen LogP contribution >= 0.6 is 15.9 Å². The molecule has 1 amide bonds. The first kappa shape index (κ1) is 27.9. The average Bonchev–Trinajstić information content (AvgIpc) is 3.15. The first-order valence-corrected chi connectivity index (χ1v) is 13.6. The van der Waals surface area contributed by atoms with Gasteiger partial charge in [0, 0.05) is 16.6 Å². The number of unbranched alkanes of at least 4 members (excludes halogenated alkanes) is 2. The molecule has 7 heteroatoms. The van der Waals surface area contributed by atoms with Crippen molar-refractivity contribution in [1.29, 1.82) is 0 Å². The maximum absolute atomic E-state index is 13.2. The molecule has 0 saturated carbocycles. The van der Waals surface area contributed by atoms with E-state index in [9.17, 15) is 14.7 Å². The fraction of sp³-hybridized carbons (Fsp3) is 0.448. The monoisotopic (exact) mass is 556 g/mol. The lowest BCUT2D eigenvalue weighted by molar-refractivity contribution is -0.140. The quantitative estimate of drug-likeness (QED) is 0.181. The van der Waals surface area contributed by atoms with Crippen LogP contribution in [0.1, 0.15) is 63.1 Å². The highest BCUT2D eigenvalue weighted by Gasteiger charge is 2.45. The number of amides is 1. The number of Topliss-reactive ketones (excluding diaryl/α,β-unsaturated/α-hetero) is 1. The van der Waals surface area contributed by atoms with Crippen LogP contribution in [0.2, 0.25) is 0 Å². The van der Waals surface area contributed by atoms with Crippen LogP contribution in [-0.4, -0.2) is 59.9 Å². The van der Waals surface area contributed by atoms with E-state index in [1.807, 2.05) is 24.3 Å². The standard InChI is InChI=1S/C29H37BrN2O4/c1-4-6-17-31(18-7-5-2)19-8-20-32-26(21-11-15-24(36-3)16-12-21)25(28(34)29(32)35)27(33)22-9-13-23(30)14-10-22/h9-16,26,33H,4-8,17-20H2,1-3H3/t26-/m1/s1. The minimum absolute atomic E-state index is 0.126. The number of rotatable bonds is 13. The Bertz CT molecular complexity index is 1040. The van der Waals surface area contributed by atoms with Gasteiger partial charge in [0.05, 0.1) is 18.7 Å². The highest BCUT2D eigenvalue weighted by atomic mass is 79.9. The molecule has 1 atom stereocenters. The van der Waals surface area contributed by atoms with E-state index >= 15 is 0 Å². The van der Waals surface area contributed by atoms with Gasteiger partial charge in [0.25, 0.3) is 11.7 Å². The summed E-state index contributed by atoms with van der Waals surface area (Å²) in [7, 11) is 1.59. The number of halogens is 1. The number of hydrogen-bond acceptors (Lipinski definition) is 5. The maximum atomic E-state index is 13.2. The van der Waals surface area contributed by atoms with E-state index in [1.54, 1.807) is 36.3 Å². The summed E-state index contributed by atoms with van der Waals surface area (Å²) in [5.41, 5.74) is 1.39. The Balaban J connectivity index is 1.91. The van der Waals surface area contributed by atoms with Gasteiger partial charge in [0.2, 0.25) is 0 Å². The predicted octanol–water partition coefficient (Wildman–Crippen LogP) is 6.17. The Labute approximate surface area is 223 Å². The Morgan fingerprint density at radius 1 is 0.944 bits per heavy atom. The summed E-state index contributed by atoms with van der Waals surface area (Å²) in [5.74, 6) is -0.684. The molecule has 1 aliphatic rings. The summed E-state index contributed by atoms with van der Waals surface area (Å²) in [4.78, 5) is 30.5. The third-order valence-corrected chi connectivity index (χ3v) is 7.15. The van der Waals surface area contributed by atoms with E-state index in [2.05, 4.69) is 34.7 Å². The fourth-order valence-electron chi connectivity index (χ4n) is 4.57. The van der Waals surface area contributed by atoms with Gasteiger partial charge in [-0.25, -0.2) is 0 Å². The van der Waals surface area contributed by atoms with Gasteiger partial charge in [-0.2, -0.15) is 0 Å². The van der Waals surface area contributed by atoms with Crippen molar-refractivity contribution in [3.63, 3.8) is 0 Å². The van der Waals surface area contributed by atoms with Crippen molar-refractivity contribution < 1.29 is 19.4 Å². The van der Waals surface area contributed by atoms with Crippen LogP contribution in [0.15, 0.2) is 58.6 Å². The number of methoxy groups -OCH3 is 1. The molecule has 0 aliphatic carbocycles. The molecule has 1 N–H and O–H groups in total. The summed E-state index contributed by atoms with van der Waals surface area (Å²) in [6.07, 6.45) is 5.33. The molecule has 0 aromatic heterocycles. The number of aliphatic hydroxyl groups is 1. The SMILES string of the molecule is CCCCN(CCCC)CCCN1C(=O)C(=O)C(=C(O)c2ccc(Br)cc2)[C@H]1c1ccc(OC)cc1. The topological polar surface area (TPSA) is 70.1 Å². The maximum Gasteiger partial charge on any atom is 0.295 e. The van der Waals surface area contributed by atoms with Crippen molar-refractivity contribution in [2.24, 2.45) is 0 Å². The molecule has 2 aromatic rings. The lowest BCUT2D eigenvalue weighted by atomic mass is 9.95. The first-order chi connectivity index (χ1) is 17.4. The van der Waals surface area contributed by atoms with Gasteiger partial charge in [0.1, 0.15) is 11.5 Å². The number of ether oxygens (including phenoxy) is 1. The van der Waals surface area contributed by atoms with Crippen molar-refractivity contribution in [3.8, 4) is 5.75 Å². The van der Waals surface area contributed by atoms with Crippen molar-refractivity contribution in [2.75, 3.05) is 33.3 Å². The molecule has 6 nitrogen and oxygen atoms in total. The van der Waals surface area contributed by atoms with Crippen molar-refractivity contribution in [3.05, 3.63) is 69.7 Å². The summed E-state index contributed by atoms with van der Waals surface area (Å²) in [6.45, 7) is 7.77. The van der Waals surface area contributed by atoms with Gasteiger partial charge >= 0.3 is 0 Å². The molecule has 1 fully saturated rings. The zero-order chi connectivity index (χ0) is 26.1. The number of benzene rings is 2. The highest BCUT2D eigenvalue weighted by molar-refractivity contribution is 9.10. The minimum atomic E-state index is -0.653. The normalized spacial score (nSPS) is 17.2. The molecule has 0 bridgehead atoms. The van der Waals surface area contributed by atoms with Crippen LogP contribution in [0.3, 0.4) is 0 Å². The van der Waals surface area contributed by atoms with Gasteiger partial charge in [-0.3, -0.25) is 9.59 Å². The fourth-order valence-corrected chi connectivity index (χ4v) is 4.83. The second-order valence-corrected chi connectivity index (χ2v) is 10.1. The predicted molar refractivity (Wildman–Crippen MR) is 147 cm³/mol. The number of carbonyl (C=O) groups is 2. The summed E-state index contributed by atoms with van der Waals surface area (Å²) in [6, 6.07) is 13.7. The Morgan fingerprint density at radius 2 is 1.53 bits per heavy atom. The molecule has 0 unspecified atom stereocenters. The number of aliphatic hydroxyl groups excluding tert-OH is 1. The Hall–Kier alpha value is -2.64. The molecule has 36 heavy (non-hydrogen) atoms. The lowest BCUT2D eigenvalue weighted by Crippen LogP contribution is -2.34. The summed E-state index contributed by atoms with van der Waals surface area (Å²) >= 11 is 3.40. The molecule has 2 aromatic carbocycles. The molecule has 1 saturated heterocycles. The van der Waals surface area contributed by atoms with Crippen molar-refractivity contribution >= 4 is 33.4 Å². The number of ketones is 1. The molecule has 0 spiro atoms. The van der Waals surface area contributed by atoms with Crippen LogP contribution in [0, 0.1) is 0 Å². The van der Waals surface area contributed by atoms with Gasteiger partial charge in [-0.05, 0) is 68.7 Å². The van der Waals surface area contributed by atoms with E-state index in [4.69, 9.17) is 4.74 Å². The average molecular weight is 558 g/mol. The summed E-state index contributed by atoms with van der Waals surface area (Å²) in [5, 5.41) is 11.2. The molecular weight excluding hydrogens is 520 g/mol. The minimum Gasteiger partial charge on any atom is -0.507 e. The molecule has 3 rings (SSSR count). The van der Waals surface area contributed by atoms with Crippen LogP contribution in [-0.2, 0) is 9.59 Å². The van der Waals surface area contributed by atoms with Crippen LogP contribution in [0.25, 0.3) is 5.76 Å². The Kier molecular flexibility index (Phi) is 10.6. The van der Waals surface area contributed by atoms with Crippen LogP contribution in [0.4, 0.5) is 0 Å². The van der Waals surface area contributed by atoms with Gasteiger partial charge in [-0.15, -0.1) is 0 Å². The lowest BCUT2D eigenvalue weighted by Gasteiger charge is -2.27. The van der Waals surface area contributed by atoms with Crippen molar-refractivity contribution in [1.82, 2.24) is 9.80 Å². The highest BCUT2D eigenvalue weighted by Crippen LogP contribution is 2.40. The zero-order valence-corrected chi connectivity index (χ0v) is 23.1. The first-order valence-electron chi connectivity index (χ1n) is 12.8. The van der Waals surface area contributed by atoms with Crippen molar-refractivity contribution in [2.45, 2.75) is 52.0 Å². The number of hydrogen-bond donors (Lipinski definition) is 1. The molecule has 194 valence electrons. The van der Waals surface area contributed by atoms with Gasteiger partial charge in [-0.1, -0.05) is 66.9 Å². The molecule has 1 aliphatic heterocycles. The van der Waals surface area contributed by atoms with E-state index in [0.29, 0.717) is 17.9 Å². The number of nitrogens with zero attached hydrogens (tertiary/aromatic N) is 2. The zero-order valence-electron chi connectivity index (χ0n) is 21.5. The molecule has 0 radical (unpaired) electrons. The van der Waals surface area contributed by atoms with Crippen LogP contribution in [0.5, 0.6) is 5.75 Å². The van der Waals surface area contributed by atoms with E-state index < -0.39 is 17.7 Å². The van der Waals surface area contributed by atoms with E-state index in [-0.39, 0.29) is 11.3 Å². The second-order valence-electron chi connectivity index (χ2n) is 9.17. The third kappa shape index (κ3) is 6.77. The number of likely N-dealkylation sites (tertiary alicyclic amines) is 1. The van der Waals surface area contributed by atoms with Gasteiger partial charge < -0.3 is 19.6 Å². The number of carbonyl (C=O) groups excluding carboxylic acids is 2.